The number of pyridine rings is 1. The molecule has 1 atom stereocenters. The van der Waals surface area contributed by atoms with Crippen LogP contribution >= 0.6 is 6.49 Å². The highest BCUT2D eigenvalue weighted by Gasteiger charge is 2.26. The number of aromatic nitrogens is 1. The number of benzene rings is 1. The highest BCUT2D eigenvalue weighted by Crippen LogP contribution is 2.48. The predicted octanol–water partition coefficient (Wildman–Crippen LogP) is 3.47. The number of hydrogen-bond acceptors (Lipinski definition) is 6. The second kappa shape index (κ2) is 8.77. The Kier molecular flexibility index (Phi) is 6.71. The Labute approximate surface area is 141 Å². The Bertz CT molecular complexity index is 680. The Morgan fingerprint density at radius 3 is 2.43 bits per heavy atom. The third-order valence-corrected chi connectivity index (χ3v) is 5.85. The lowest BCUT2D eigenvalue weighted by molar-refractivity contribution is 0.153. The van der Waals surface area contributed by atoms with Crippen molar-refractivity contribution in [1.29, 1.82) is 0 Å². The first-order valence-electron chi connectivity index (χ1n) is 7.30. The van der Waals surface area contributed by atoms with Crippen molar-refractivity contribution in [3.8, 4) is 0 Å². The summed E-state index contributed by atoms with van der Waals surface area (Å²) < 4.78 is 11.8. The molecule has 1 aromatic heterocycles. The molecule has 2 rings (SSSR count). The van der Waals surface area contributed by atoms with E-state index in [1.807, 2.05) is 56.3 Å². The van der Waals surface area contributed by atoms with E-state index in [4.69, 9.17) is 25.7 Å². The normalized spacial score (nSPS) is 14.1. The Balaban J connectivity index is 2.37. The van der Waals surface area contributed by atoms with Crippen molar-refractivity contribution in [2.45, 2.75) is 13.8 Å². The van der Waals surface area contributed by atoms with Crippen LogP contribution in [0.5, 0.6) is 0 Å². The maximum absolute atomic E-state index is 6.02. The molecule has 23 heavy (non-hydrogen) atoms. The topological polar surface area (TPSA) is 52.9 Å². The molecule has 0 fully saturated rings. The van der Waals surface area contributed by atoms with Crippen LogP contribution in [0.1, 0.15) is 19.5 Å². The van der Waals surface area contributed by atoms with Crippen molar-refractivity contribution in [2.24, 2.45) is 5.16 Å². The van der Waals surface area contributed by atoms with Crippen LogP contribution in [-0.2, 0) is 25.7 Å². The van der Waals surface area contributed by atoms with Crippen molar-refractivity contribution < 1.29 is 13.9 Å². The van der Waals surface area contributed by atoms with Crippen LogP contribution in [-0.4, -0.2) is 24.1 Å². The SMILES string of the molecule is CCON=C(OP(=S)(OCC)c1ccccc1)c1ccccn1. The summed E-state index contributed by atoms with van der Waals surface area (Å²) in [6, 6.07) is 15.0. The monoisotopic (exact) mass is 350 g/mol. The van der Waals surface area contributed by atoms with Gasteiger partial charge in [-0.3, -0.25) is 4.98 Å². The molecular formula is C16H19N2O3PS. The number of nitrogens with zero attached hydrogens (tertiary/aromatic N) is 2. The predicted molar refractivity (Wildman–Crippen MR) is 95.5 cm³/mol. The quantitative estimate of drug-likeness (QED) is 0.331. The fourth-order valence-electron chi connectivity index (χ4n) is 1.77. The Hall–Kier alpha value is -1.75. The molecule has 0 aliphatic heterocycles. The maximum atomic E-state index is 6.02. The second-order valence-corrected chi connectivity index (χ2v) is 7.77. The van der Waals surface area contributed by atoms with Gasteiger partial charge in [-0.2, -0.15) is 0 Å². The number of rotatable bonds is 7. The smallest absolute Gasteiger partial charge is 0.281 e. The van der Waals surface area contributed by atoms with Crippen LogP contribution in [0.15, 0.2) is 59.9 Å². The molecule has 0 radical (unpaired) electrons. The summed E-state index contributed by atoms with van der Waals surface area (Å²) in [7, 11) is 0. The zero-order chi connectivity index (χ0) is 16.5. The van der Waals surface area contributed by atoms with Crippen LogP contribution < -0.4 is 5.30 Å². The molecule has 0 saturated carbocycles. The molecule has 0 bridgehead atoms. The van der Waals surface area contributed by atoms with Crippen LogP contribution in [0.25, 0.3) is 0 Å². The lowest BCUT2D eigenvalue weighted by Crippen LogP contribution is -2.16. The third kappa shape index (κ3) is 4.86. The molecule has 0 spiro atoms. The minimum Gasteiger partial charge on any atom is -0.417 e. The van der Waals surface area contributed by atoms with Gasteiger partial charge in [-0.1, -0.05) is 24.3 Å². The molecular weight excluding hydrogens is 331 g/mol. The molecule has 1 aromatic carbocycles. The first-order chi connectivity index (χ1) is 11.2. The maximum Gasteiger partial charge on any atom is 0.281 e. The van der Waals surface area contributed by atoms with E-state index in [-0.39, 0.29) is 5.90 Å². The van der Waals surface area contributed by atoms with Gasteiger partial charge < -0.3 is 13.9 Å². The van der Waals surface area contributed by atoms with Gasteiger partial charge in [0.1, 0.15) is 12.3 Å². The fraction of sp³-hybridized carbons (Fsp3) is 0.250. The summed E-state index contributed by atoms with van der Waals surface area (Å²) in [5, 5.41) is 4.83. The highest BCUT2D eigenvalue weighted by atomic mass is 32.5. The molecule has 2 aromatic rings. The zero-order valence-corrected chi connectivity index (χ0v) is 14.8. The Morgan fingerprint density at radius 1 is 1.09 bits per heavy atom. The average Bonchev–Trinajstić information content (AvgIpc) is 2.60. The highest BCUT2D eigenvalue weighted by molar-refractivity contribution is 8.13. The molecule has 0 aliphatic carbocycles. The summed E-state index contributed by atoms with van der Waals surface area (Å²) in [5.41, 5.74) is 0.547. The summed E-state index contributed by atoms with van der Waals surface area (Å²) in [5.74, 6) is 0.230. The summed E-state index contributed by atoms with van der Waals surface area (Å²) in [6.07, 6.45) is 1.66. The van der Waals surface area contributed by atoms with Crippen LogP contribution in [0.2, 0.25) is 0 Å². The van der Waals surface area contributed by atoms with Gasteiger partial charge in [0, 0.05) is 11.5 Å². The van der Waals surface area contributed by atoms with Crippen LogP contribution in [0.4, 0.5) is 0 Å². The fourth-order valence-corrected chi connectivity index (χ4v) is 4.20. The molecule has 0 aliphatic rings. The van der Waals surface area contributed by atoms with Crippen molar-refractivity contribution in [3.63, 3.8) is 0 Å². The largest absolute Gasteiger partial charge is 0.417 e. The van der Waals surface area contributed by atoms with Crippen molar-refractivity contribution >= 4 is 29.5 Å². The minimum atomic E-state index is -2.75. The van der Waals surface area contributed by atoms with Gasteiger partial charge in [-0.05, 0) is 55.1 Å². The molecule has 1 heterocycles. The number of hydrogen-bond donors (Lipinski definition) is 0. The summed E-state index contributed by atoms with van der Waals surface area (Å²) in [4.78, 5) is 9.40. The van der Waals surface area contributed by atoms with E-state index in [0.717, 1.165) is 5.30 Å². The minimum absolute atomic E-state index is 0.230. The third-order valence-electron chi connectivity index (χ3n) is 2.74. The molecule has 0 amide bonds. The molecule has 1 unspecified atom stereocenters. The summed E-state index contributed by atoms with van der Waals surface area (Å²) >= 11 is 5.70. The zero-order valence-electron chi connectivity index (χ0n) is 13.1. The second-order valence-electron chi connectivity index (χ2n) is 4.37. The van der Waals surface area contributed by atoms with Gasteiger partial charge >= 0.3 is 0 Å². The standard InChI is InChI=1S/C16H19N2O3PS/c1-3-19-18-16(15-12-8-9-13-17-15)21-22(23,20-4-2)14-10-6-5-7-11-14/h5-13H,3-4H2,1-2H3. The Morgan fingerprint density at radius 2 is 1.83 bits per heavy atom. The van der Waals surface area contributed by atoms with E-state index in [1.165, 1.54) is 0 Å². The molecule has 122 valence electrons. The number of oxime groups is 1. The average molecular weight is 350 g/mol. The van der Waals surface area contributed by atoms with Gasteiger partial charge in [-0.25, -0.2) is 0 Å². The molecule has 5 nitrogen and oxygen atoms in total. The van der Waals surface area contributed by atoms with Gasteiger partial charge in [0.25, 0.3) is 12.4 Å². The first-order valence-corrected chi connectivity index (χ1v) is 9.94. The van der Waals surface area contributed by atoms with E-state index in [9.17, 15) is 0 Å². The van der Waals surface area contributed by atoms with Gasteiger partial charge in [0.05, 0.1) is 6.61 Å². The van der Waals surface area contributed by atoms with Crippen molar-refractivity contribution in [1.82, 2.24) is 4.98 Å². The van der Waals surface area contributed by atoms with E-state index in [1.54, 1.807) is 12.3 Å². The van der Waals surface area contributed by atoms with Crippen LogP contribution in [0.3, 0.4) is 0 Å². The van der Waals surface area contributed by atoms with Gasteiger partial charge in [0.15, 0.2) is 0 Å². The van der Waals surface area contributed by atoms with Gasteiger partial charge in [0.2, 0.25) is 0 Å². The lowest BCUT2D eigenvalue weighted by Gasteiger charge is -2.22. The summed E-state index contributed by atoms with van der Waals surface area (Å²) in [6.45, 7) is 1.83. The van der Waals surface area contributed by atoms with E-state index < -0.39 is 6.49 Å². The molecule has 7 heteroatoms. The lowest BCUT2D eigenvalue weighted by atomic mass is 10.3. The van der Waals surface area contributed by atoms with Crippen molar-refractivity contribution in [3.05, 3.63) is 60.4 Å². The molecule has 0 saturated heterocycles. The van der Waals surface area contributed by atoms with Crippen molar-refractivity contribution in [2.75, 3.05) is 13.2 Å². The van der Waals surface area contributed by atoms with E-state index in [0.29, 0.717) is 18.9 Å². The van der Waals surface area contributed by atoms with E-state index >= 15 is 0 Å². The van der Waals surface area contributed by atoms with Crippen LogP contribution in [0, 0.1) is 0 Å². The van der Waals surface area contributed by atoms with E-state index in [2.05, 4.69) is 10.1 Å². The molecule has 0 N–H and O–H groups in total. The van der Waals surface area contributed by atoms with Gasteiger partial charge in [-0.15, -0.1) is 0 Å². The first kappa shape index (κ1) is 17.6.